The van der Waals surface area contributed by atoms with Crippen molar-refractivity contribution in [2.45, 2.75) is 18.9 Å². The van der Waals surface area contributed by atoms with Crippen LogP contribution in [0.3, 0.4) is 0 Å². The average molecular weight is 369 g/mol. The number of amides is 1. The standard InChI is InChI=1S/C18H19N5O2S/c1-22-15(10-14(21-22)16-5-3-9-26-16)18(24)23-8-2-4-13(11-23)25-17-6-7-19-12-20-17/h3,5-7,9-10,12-13H,2,4,8,11H2,1H3. The van der Waals surface area contributed by atoms with E-state index in [1.165, 1.54) is 6.33 Å². The molecule has 4 rings (SSSR count). The van der Waals surface area contributed by atoms with Gasteiger partial charge >= 0.3 is 0 Å². The van der Waals surface area contributed by atoms with E-state index in [1.807, 2.05) is 35.5 Å². The van der Waals surface area contributed by atoms with Crippen molar-refractivity contribution < 1.29 is 9.53 Å². The Morgan fingerprint density at radius 3 is 3.08 bits per heavy atom. The molecule has 1 amide bonds. The molecule has 0 bridgehead atoms. The van der Waals surface area contributed by atoms with Gasteiger partial charge in [0.25, 0.3) is 5.91 Å². The number of ether oxygens (including phenoxy) is 1. The maximum atomic E-state index is 13.0. The van der Waals surface area contributed by atoms with Crippen molar-refractivity contribution in [1.29, 1.82) is 0 Å². The first kappa shape index (κ1) is 16.7. The number of aryl methyl sites for hydroxylation is 1. The van der Waals surface area contributed by atoms with E-state index in [0.29, 0.717) is 18.1 Å². The van der Waals surface area contributed by atoms with Gasteiger partial charge in [-0.25, -0.2) is 9.97 Å². The van der Waals surface area contributed by atoms with E-state index in [1.54, 1.807) is 28.3 Å². The fourth-order valence-corrected chi connectivity index (χ4v) is 3.79. The molecule has 1 fully saturated rings. The van der Waals surface area contributed by atoms with Crippen LogP contribution in [0.5, 0.6) is 5.88 Å². The molecule has 1 unspecified atom stereocenters. The Balaban J connectivity index is 1.47. The summed E-state index contributed by atoms with van der Waals surface area (Å²) in [4.78, 5) is 23.9. The van der Waals surface area contributed by atoms with Gasteiger partial charge in [-0.2, -0.15) is 5.10 Å². The molecule has 0 radical (unpaired) electrons. The summed E-state index contributed by atoms with van der Waals surface area (Å²) >= 11 is 1.61. The number of hydrogen-bond donors (Lipinski definition) is 0. The number of nitrogens with zero attached hydrogens (tertiary/aromatic N) is 5. The summed E-state index contributed by atoms with van der Waals surface area (Å²) in [5.41, 5.74) is 1.42. The van der Waals surface area contributed by atoms with Crippen LogP contribution in [0.2, 0.25) is 0 Å². The van der Waals surface area contributed by atoms with Crippen molar-refractivity contribution in [2.75, 3.05) is 13.1 Å². The molecule has 134 valence electrons. The molecule has 1 aliphatic heterocycles. The van der Waals surface area contributed by atoms with E-state index in [0.717, 1.165) is 30.0 Å². The average Bonchev–Trinajstić information content (AvgIpc) is 3.32. The van der Waals surface area contributed by atoms with Crippen LogP contribution in [-0.2, 0) is 7.05 Å². The van der Waals surface area contributed by atoms with Crippen LogP contribution in [0.25, 0.3) is 10.6 Å². The smallest absolute Gasteiger partial charge is 0.272 e. The zero-order valence-corrected chi connectivity index (χ0v) is 15.2. The largest absolute Gasteiger partial charge is 0.472 e. The van der Waals surface area contributed by atoms with Gasteiger partial charge < -0.3 is 9.64 Å². The van der Waals surface area contributed by atoms with E-state index < -0.39 is 0 Å². The third-order valence-corrected chi connectivity index (χ3v) is 5.27. The van der Waals surface area contributed by atoms with E-state index in [-0.39, 0.29) is 12.0 Å². The maximum absolute atomic E-state index is 13.0. The lowest BCUT2D eigenvalue weighted by Crippen LogP contribution is -2.45. The quantitative estimate of drug-likeness (QED) is 0.707. The fraction of sp³-hybridized carbons (Fsp3) is 0.333. The molecule has 7 nitrogen and oxygen atoms in total. The lowest BCUT2D eigenvalue weighted by atomic mass is 10.1. The number of thiophene rings is 1. The molecule has 4 heterocycles. The zero-order chi connectivity index (χ0) is 17.9. The van der Waals surface area contributed by atoms with Crippen LogP contribution in [0.15, 0.2) is 42.2 Å². The number of carbonyl (C=O) groups excluding carboxylic acids is 1. The van der Waals surface area contributed by atoms with Crippen molar-refractivity contribution in [2.24, 2.45) is 7.05 Å². The number of hydrogen-bond acceptors (Lipinski definition) is 6. The highest BCUT2D eigenvalue weighted by atomic mass is 32.1. The normalized spacial score (nSPS) is 17.3. The maximum Gasteiger partial charge on any atom is 0.272 e. The second-order valence-electron chi connectivity index (χ2n) is 6.20. The molecular weight excluding hydrogens is 350 g/mol. The van der Waals surface area contributed by atoms with Gasteiger partial charge in [-0.15, -0.1) is 11.3 Å². The summed E-state index contributed by atoms with van der Waals surface area (Å²) in [6.07, 6.45) is 4.85. The number of aromatic nitrogens is 4. The molecule has 0 aliphatic carbocycles. The Bertz CT molecular complexity index is 878. The first-order valence-electron chi connectivity index (χ1n) is 8.50. The molecule has 0 aromatic carbocycles. The lowest BCUT2D eigenvalue weighted by molar-refractivity contribution is 0.0518. The summed E-state index contributed by atoms with van der Waals surface area (Å²) < 4.78 is 7.56. The Morgan fingerprint density at radius 1 is 1.38 bits per heavy atom. The van der Waals surface area contributed by atoms with Crippen molar-refractivity contribution in [3.05, 3.63) is 47.9 Å². The number of piperidine rings is 1. The minimum Gasteiger partial charge on any atom is -0.472 e. The number of likely N-dealkylation sites (tertiary alicyclic amines) is 1. The molecule has 0 spiro atoms. The minimum absolute atomic E-state index is 0.0150. The number of carbonyl (C=O) groups is 1. The van der Waals surface area contributed by atoms with Crippen molar-refractivity contribution in [1.82, 2.24) is 24.6 Å². The highest BCUT2D eigenvalue weighted by molar-refractivity contribution is 7.13. The zero-order valence-electron chi connectivity index (χ0n) is 14.4. The van der Waals surface area contributed by atoms with Gasteiger partial charge in [0.2, 0.25) is 5.88 Å². The van der Waals surface area contributed by atoms with E-state index in [2.05, 4.69) is 15.1 Å². The van der Waals surface area contributed by atoms with E-state index in [4.69, 9.17) is 4.74 Å². The summed E-state index contributed by atoms with van der Waals surface area (Å²) in [6, 6.07) is 7.59. The third-order valence-electron chi connectivity index (χ3n) is 4.38. The Labute approximate surface area is 155 Å². The Morgan fingerprint density at radius 2 is 2.31 bits per heavy atom. The molecule has 1 aliphatic rings. The summed E-state index contributed by atoms with van der Waals surface area (Å²) in [5.74, 6) is 0.526. The van der Waals surface area contributed by atoms with Crippen LogP contribution < -0.4 is 4.74 Å². The van der Waals surface area contributed by atoms with Gasteiger partial charge in [0.05, 0.1) is 11.4 Å². The minimum atomic E-state index is -0.0624. The first-order valence-corrected chi connectivity index (χ1v) is 9.38. The van der Waals surface area contributed by atoms with Gasteiger partial charge in [-0.1, -0.05) is 6.07 Å². The van der Waals surface area contributed by atoms with Crippen LogP contribution >= 0.6 is 11.3 Å². The van der Waals surface area contributed by atoms with Gasteiger partial charge in [0.1, 0.15) is 23.8 Å². The highest BCUT2D eigenvalue weighted by Crippen LogP contribution is 2.25. The summed E-state index contributed by atoms with van der Waals surface area (Å²) in [7, 11) is 1.81. The Kier molecular flexibility index (Phi) is 4.66. The highest BCUT2D eigenvalue weighted by Gasteiger charge is 2.28. The van der Waals surface area contributed by atoms with E-state index >= 15 is 0 Å². The predicted octanol–water partition coefficient (Wildman–Crippen LogP) is 2.62. The fourth-order valence-electron chi connectivity index (χ4n) is 3.11. The first-order chi connectivity index (χ1) is 12.7. The van der Waals surface area contributed by atoms with Gasteiger partial charge in [-0.3, -0.25) is 9.48 Å². The van der Waals surface area contributed by atoms with Gasteiger partial charge in [0, 0.05) is 25.9 Å². The molecule has 1 saturated heterocycles. The van der Waals surface area contributed by atoms with Crippen LogP contribution in [0, 0.1) is 0 Å². The second kappa shape index (κ2) is 7.25. The Hall–Kier alpha value is -2.74. The molecule has 1 atom stereocenters. The molecule has 0 saturated carbocycles. The van der Waals surface area contributed by atoms with Crippen molar-refractivity contribution in [3.63, 3.8) is 0 Å². The molecule has 3 aromatic rings. The monoisotopic (exact) mass is 369 g/mol. The topological polar surface area (TPSA) is 73.1 Å². The van der Waals surface area contributed by atoms with Crippen LogP contribution in [0.4, 0.5) is 0 Å². The molecule has 26 heavy (non-hydrogen) atoms. The third kappa shape index (κ3) is 3.45. The summed E-state index contributed by atoms with van der Waals surface area (Å²) in [5, 5.41) is 6.49. The van der Waals surface area contributed by atoms with Gasteiger partial charge in [0.15, 0.2) is 0 Å². The van der Waals surface area contributed by atoms with Crippen LogP contribution in [-0.4, -0.2) is 49.7 Å². The van der Waals surface area contributed by atoms with Crippen LogP contribution in [0.1, 0.15) is 23.3 Å². The van der Waals surface area contributed by atoms with Crippen molar-refractivity contribution in [3.8, 4) is 16.5 Å². The molecule has 0 N–H and O–H groups in total. The summed E-state index contributed by atoms with van der Waals surface area (Å²) in [6.45, 7) is 1.27. The molecule has 8 heteroatoms. The predicted molar refractivity (Wildman–Crippen MR) is 98.1 cm³/mol. The lowest BCUT2D eigenvalue weighted by Gasteiger charge is -2.32. The molecular formula is C18H19N5O2S. The second-order valence-corrected chi connectivity index (χ2v) is 7.14. The van der Waals surface area contributed by atoms with Crippen molar-refractivity contribution >= 4 is 17.2 Å². The van der Waals surface area contributed by atoms with Gasteiger partial charge in [-0.05, 0) is 30.4 Å². The SMILES string of the molecule is Cn1nc(-c2cccs2)cc1C(=O)N1CCCC(Oc2ccncn2)C1. The molecule has 3 aromatic heterocycles. The van der Waals surface area contributed by atoms with E-state index in [9.17, 15) is 4.79 Å². The number of rotatable bonds is 4.